The minimum atomic E-state index is -0.732. The Hall–Kier alpha value is -3.34. The van der Waals surface area contributed by atoms with Gasteiger partial charge in [0.05, 0.1) is 34.0 Å². The second-order valence-corrected chi connectivity index (χ2v) is 9.17. The highest BCUT2D eigenvalue weighted by Gasteiger charge is 2.22. The number of nitrogens with zero attached hydrogens (tertiary/aromatic N) is 2. The van der Waals surface area contributed by atoms with Crippen molar-refractivity contribution >= 4 is 17.5 Å². The van der Waals surface area contributed by atoms with Gasteiger partial charge in [-0.15, -0.1) is 0 Å². The summed E-state index contributed by atoms with van der Waals surface area (Å²) >= 11 is 0. The first kappa shape index (κ1) is 28.2. The third kappa shape index (κ3) is 7.58. The number of para-hydroxylation sites is 1. The summed E-state index contributed by atoms with van der Waals surface area (Å²) in [4.78, 5) is 29.5. The van der Waals surface area contributed by atoms with E-state index in [9.17, 15) is 14.7 Å². The number of aliphatic hydroxyl groups is 1. The fourth-order valence-corrected chi connectivity index (χ4v) is 4.41. The first-order valence-electron chi connectivity index (χ1n) is 12.3. The van der Waals surface area contributed by atoms with Crippen molar-refractivity contribution in [1.82, 2.24) is 15.1 Å². The van der Waals surface area contributed by atoms with Gasteiger partial charge in [0.25, 0.3) is 5.91 Å². The Morgan fingerprint density at radius 1 is 0.946 bits per heavy atom. The number of aliphatic hydroxyl groups excluding tert-OH is 1. The van der Waals surface area contributed by atoms with Gasteiger partial charge in [-0.05, 0) is 37.1 Å². The maximum absolute atomic E-state index is 12.7. The number of carbonyl (C=O) groups is 2. The van der Waals surface area contributed by atoms with Crippen LogP contribution in [-0.4, -0.2) is 100.0 Å². The molecule has 10 nitrogen and oxygen atoms in total. The maximum Gasteiger partial charge on any atom is 0.251 e. The quantitative estimate of drug-likeness (QED) is 0.415. The van der Waals surface area contributed by atoms with E-state index >= 15 is 0 Å². The summed E-state index contributed by atoms with van der Waals surface area (Å²) in [7, 11) is 4.47. The molecule has 202 valence electrons. The third-order valence-electron chi connectivity index (χ3n) is 6.47. The fourth-order valence-electron chi connectivity index (χ4n) is 4.41. The number of benzene rings is 2. The molecule has 1 atom stereocenters. The van der Waals surface area contributed by atoms with Gasteiger partial charge in [0, 0.05) is 50.5 Å². The number of anilines is 1. The number of nitrogens with one attached hydrogen (secondary N) is 2. The van der Waals surface area contributed by atoms with Crippen LogP contribution in [0.2, 0.25) is 0 Å². The maximum atomic E-state index is 12.7. The molecule has 1 heterocycles. The van der Waals surface area contributed by atoms with Crippen LogP contribution in [0.1, 0.15) is 21.5 Å². The number of amides is 2. The van der Waals surface area contributed by atoms with E-state index in [0.29, 0.717) is 35.9 Å². The van der Waals surface area contributed by atoms with Crippen molar-refractivity contribution in [3.63, 3.8) is 0 Å². The lowest BCUT2D eigenvalue weighted by molar-refractivity contribution is -0.117. The van der Waals surface area contributed by atoms with Gasteiger partial charge >= 0.3 is 0 Å². The van der Waals surface area contributed by atoms with Crippen molar-refractivity contribution in [3.8, 4) is 17.2 Å². The molecule has 0 aliphatic carbocycles. The molecular weight excluding hydrogens is 476 g/mol. The van der Waals surface area contributed by atoms with Gasteiger partial charge < -0.3 is 30.0 Å². The zero-order valence-electron chi connectivity index (χ0n) is 22.3. The molecule has 1 unspecified atom stereocenters. The Labute approximate surface area is 218 Å². The van der Waals surface area contributed by atoms with Crippen molar-refractivity contribution in [3.05, 3.63) is 47.0 Å². The van der Waals surface area contributed by atoms with E-state index in [-0.39, 0.29) is 18.4 Å². The summed E-state index contributed by atoms with van der Waals surface area (Å²) in [5.74, 6) is 0.795. The smallest absolute Gasteiger partial charge is 0.251 e. The van der Waals surface area contributed by atoms with E-state index in [0.717, 1.165) is 43.0 Å². The Balaban J connectivity index is 1.42. The molecule has 37 heavy (non-hydrogen) atoms. The zero-order chi connectivity index (χ0) is 26.9. The second-order valence-electron chi connectivity index (χ2n) is 9.17. The number of hydrogen-bond acceptors (Lipinski definition) is 8. The van der Waals surface area contributed by atoms with E-state index in [1.165, 1.54) is 21.3 Å². The number of carbonyl (C=O) groups excluding carboxylic acids is 2. The van der Waals surface area contributed by atoms with Crippen molar-refractivity contribution < 1.29 is 28.9 Å². The highest BCUT2D eigenvalue weighted by molar-refractivity contribution is 5.95. The first-order chi connectivity index (χ1) is 17.7. The van der Waals surface area contributed by atoms with E-state index < -0.39 is 6.10 Å². The predicted octanol–water partition coefficient (Wildman–Crippen LogP) is 1.68. The van der Waals surface area contributed by atoms with Crippen LogP contribution in [0.3, 0.4) is 0 Å². The van der Waals surface area contributed by atoms with Crippen LogP contribution in [0.25, 0.3) is 0 Å². The molecule has 1 aliphatic heterocycles. The molecule has 0 bridgehead atoms. The molecule has 2 aromatic carbocycles. The lowest BCUT2D eigenvalue weighted by atomic mass is 10.1. The summed E-state index contributed by atoms with van der Waals surface area (Å²) in [5, 5.41) is 16.3. The monoisotopic (exact) mass is 514 g/mol. The van der Waals surface area contributed by atoms with E-state index in [1.54, 1.807) is 12.1 Å². The van der Waals surface area contributed by atoms with Crippen LogP contribution < -0.4 is 24.8 Å². The molecule has 1 saturated heterocycles. The molecule has 0 radical (unpaired) electrons. The number of β-amino-alcohol motifs (C(OH)–C–C–N with tert-alkyl or cyclic N) is 1. The number of piperazine rings is 1. The van der Waals surface area contributed by atoms with Crippen molar-refractivity contribution in [2.75, 3.05) is 72.5 Å². The lowest BCUT2D eigenvalue weighted by Crippen LogP contribution is -2.51. The topological polar surface area (TPSA) is 113 Å². The summed E-state index contributed by atoms with van der Waals surface area (Å²) in [6, 6.07) is 9.09. The van der Waals surface area contributed by atoms with Crippen molar-refractivity contribution in [1.29, 1.82) is 0 Å². The van der Waals surface area contributed by atoms with Crippen molar-refractivity contribution in [2.45, 2.75) is 20.0 Å². The number of rotatable bonds is 11. The van der Waals surface area contributed by atoms with Gasteiger partial charge in [-0.25, -0.2) is 0 Å². The van der Waals surface area contributed by atoms with Crippen LogP contribution in [0.5, 0.6) is 17.2 Å². The van der Waals surface area contributed by atoms with Crippen molar-refractivity contribution in [2.24, 2.45) is 0 Å². The summed E-state index contributed by atoms with van der Waals surface area (Å²) < 4.78 is 15.9. The average molecular weight is 515 g/mol. The second kappa shape index (κ2) is 13.3. The summed E-state index contributed by atoms with van der Waals surface area (Å²) in [6.07, 6.45) is -0.732. The minimum Gasteiger partial charge on any atom is -0.493 e. The minimum absolute atomic E-state index is 0.0274. The van der Waals surface area contributed by atoms with E-state index in [1.807, 2.05) is 32.0 Å². The van der Waals surface area contributed by atoms with Crippen LogP contribution in [-0.2, 0) is 4.79 Å². The molecule has 1 fully saturated rings. The van der Waals surface area contributed by atoms with E-state index in [4.69, 9.17) is 14.2 Å². The first-order valence-corrected chi connectivity index (χ1v) is 12.3. The molecule has 0 aromatic heterocycles. The standard InChI is InChI=1S/C27H38N4O6/c1-18-7-6-8-19(2)25(18)29-24(33)17-31-11-9-30(10-12-31)16-21(32)15-28-27(34)20-13-22(35-3)26(37-5)23(14-20)36-4/h6-8,13-14,21,32H,9-12,15-17H2,1-5H3,(H,28,34)(H,29,33). The molecule has 3 rings (SSSR count). The third-order valence-corrected chi connectivity index (χ3v) is 6.47. The van der Waals surface area contributed by atoms with Crippen LogP contribution in [0.4, 0.5) is 5.69 Å². The van der Waals surface area contributed by atoms with Gasteiger partial charge in [-0.3, -0.25) is 19.4 Å². The molecule has 0 saturated carbocycles. The fraction of sp³-hybridized carbons (Fsp3) is 0.481. The molecule has 10 heteroatoms. The molecular formula is C27H38N4O6. The highest BCUT2D eigenvalue weighted by Crippen LogP contribution is 2.38. The molecule has 1 aliphatic rings. The SMILES string of the molecule is COc1cc(C(=O)NCC(O)CN2CCN(CC(=O)Nc3c(C)cccc3C)CC2)cc(OC)c1OC. The lowest BCUT2D eigenvalue weighted by Gasteiger charge is -2.35. The highest BCUT2D eigenvalue weighted by atomic mass is 16.5. The summed E-state index contributed by atoms with van der Waals surface area (Å²) in [6.45, 7) is 7.75. The normalized spacial score (nSPS) is 15.1. The van der Waals surface area contributed by atoms with Crippen LogP contribution in [0, 0.1) is 13.8 Å². The Morgan fingerprint density at radius 3 is 2.05 bits per heavy atom. The molecule has 3 N–H and O–H groups in total. The largest absolute Gasteiger partial charge is 0.493 e. The van der Waals surface area contributed by atoms with Gasteiger partial charge in [0.15, 0.2) is 11.5 Å². The average Bonchev–Trinajstić information content (AvgIpc) is 2.89. The number of methoxy groups -OCH3 is 3. The van der Waals surface area contributed by atoms with Gasteiger partial charge in [-0.2, -0.15) is 0 Å². The van der Waals surface area contributed by atoms with Gasteiger partial charge in [0.2, 0.25) is 11.7 Å². The molecule has 2 amide bonds. The van der Waals surface area contributed by atoms with Crippen LogP contribution in [0.15, 0.2) is 30.3 Å². The number of aryl methyl sites for hydroxylation is 2. The van der Waals surface area contributed by atoms with Crippen LogP contribution >= 0.6 is 0 Å². The predicted molar refractivity (Wildman–Crippen MR) is 142 cm³/mol. The zero-order valence-corrected chi connectivity index (χ0v) is 22.3. The Morgan fingerprint density at radius 2 is 1.51 bits per heavy atom. The molecule has 0 spiro atoms. The summed E-state index contributed by atoms with van der Waals surface area (Å²) in [5.41, 5.74) is 3.31. The van der Waals surface area contributed by atoms with Gasteiger partial charge in [-0.1, -0.05) is 18.2 Å². The molecule has 2 aromatic rings. The number of ether oxygens (including phenoxy) is 3. The van der Waals surface area contributed by atoms with Gasteiger partial charge in [0.1, 0.15) is 0 Å². The number of hydrogen-bond donors (Lipinski definition) is 3. The van der Waals surface area contributed by atoms with E-state index in [2.05, 4.69) is 20.4 Å². The Bertz CT molecular complexity index is 1040. The Kier molecular flexibility index (Phi) is 10.1.